The fourth-order valence-electron chi connectivity index (χ4n) is 1.88. The minimum Gasteiger partial charge on any atom is -0.306 e. The van der Waals surface area contributed by atoms with E-state index in [9.17, 15) is 4.39 Å². The summed E-state index contributed by atoms with van der Waals surface area (Å²) >= 11 is 12.0. The van der Waals surface area contributed by atoms with Gasteiger partial charge in [0, 0.05) is 28.2 Å². The predicted octanol–water partition coefficient (Wildman–Crippen LogP) is 4.98. The van der Waals surface area contributed by atoms with Crippen molar-refractivity contribution < 1.29 is 4.39 Å². The Hall–Kier alpha value is -1.09. The highest BCUT2D eigenvalue weighted by molar-refractivity contribution is 6.31. The van der Waals surface area contributed by atoms with E-state index in [1.54, 1.807) is 6.07 Å². The van der Waals surface area contributed by atoms with Gasteiger partial charge in [0.1, 0.15) is 5.82 Å². The quantitative estimate of drug-likeness (QED) is 0.839. The lowest BCUT2D eigenvalue weighted by Gasteiger charge is -2.16. The van der Waals surface area contributed by atoms with Crippen molar-refractivity contribution in [3.05, 3.63) is 69.5 Å². The molecule has 0 bridgehead atoms. The van der Waals surface area contributed by atoms with Gasteiger partial charge >= 0.3 is 0 Å². The van der Waals surface area contributed by atoms with Gasteiger partial charge in [0.05, 0.1) is 0 Å². The van der Waals surface area contributed by atoms with Gasteiger partial charge < -0.3 is 5.32 Å². The second-order valence-electron chi connectivity index (χ2n) is 4.36. The number of rotatable bonds is 4. The van der Waals surface area contributed by atoms with Crippen LogP contribution in [-0.2, 0) is 6.54 Å². The van der Waals surface area contributed by atoms with Gasteiger partial charge in [0.25, 0.3) is 0 Å². The Morgan fingerprint density at radius 3 is 2.63 bits per heavy atom. The van der Waals surface area contributed by atoms with Crippen molar-refractivity contribution in [1.82, 2.24) is 5.32 Å². The largest absolute Gasteiger partial charge is 0.306 e. The maximum Gasteiger partial charge on any atom is 0.127 e. The van der Waals surface area contributed by atoms with E-state index in [1.807, 2.05) is 31.2 Å². The van der Waals surface area contributed by atoms with Crippen LogP contribution in [0.15, 0.2) is 42.5 Å². The number of hydrogen-bond donors (Lipinski definition) is 1. The predicted molar refractivity (Wildman–Crippen MR) is 78.1 cm³/mol. The second kappa shape index (κ2) is 6.38. The molecule has 1 nitrogen and oxygen atoms in total. The molecule has 2 rings (SSSR count). The molecule has 0 aromatic heterocycles. The van der Waals surface area contributed by atoms with Crippen molar-refractivity contribution >= 4 is 23.2 Å². The Balaban J connectivity index is 2.06. The molecule has 0 radical (unpaired) electrons. The molecule has 0 spiro atoms. The van der Waals surface area contributed by atoms with Crippen molar-refractivity contribution in [2.24, 2.45) is 0 Å². The average molecular weight is 298 g/mol. The van der Waals surface area contributed by atoms with E-state index in [4.69, 9.17) is 23.2 Å². The van der Waals surface area contributed by atoms with Crippen LogP contribution in [0.4, 0.5) is 4.39 Å². The van der Waals surface area contributed by atoms with Gasteiger partial charge in [-0.15, -0.1) is 0 Å². The summed E-state index contributed by atoms with van der Waals surface area (Å²) in [5.74, 6) is -0.261. The van der Waals surface area contributed by atoms with Gasteiger partial charge in [-0.2, -0.15) is 0 Å². The molecule has 0 heterocycles. The molecule has 0 fully saturated rings. The van der Waals surface area contributed by atoms with E-state index >= 15 is 0 Å². The third-order valence-corrected chi connectivity index (χ3v) is 3.56. The smallest absolute Gasteiger partial charge is 0.127 e. The maximum absolute atomic E-state index is 13.6. The van der Waals surface area contributed by atoms with E-state index < -0.39 is 0 Å². The summed E-state index contributed by atoms with van der Waals surface area (Å²) < 4.78 is 13.6. The molecule has 0 saturated heterocycles. The van der Waals surface area contributed by atoms with Crippen molar-refractivity contribution in [3.63, 3.8) is 0 Å². The van der Waals surface area contributed by atoms with Crippen LogP contribution in [0.1, 0.15) is 24.1 Å². The minimum atomic E-state index is -0.261. The maximum atomic E-state index is 13.6. The lowest BCUT2D eigenvalue weighted by atomic mass is 10.1. The monoisotopic (exact) mass is 297 g/mol. The number of halogens is 3. The molecule has 2 aromatic carbocycles. The summed E-state index contributed by atoms with van der Waals surface area (Å²) in [4.78, 5) is 0. The zero-order chi connectivity index (χ0) is 13.8. The first kappa shape index (κ1) is 14.3. The molecule has 0 amide bonds. The van der Waals surface area contributed by atoms with Gasteiger partial charge in [0.15, 0.2) is 0 Å². The standard InChI is InChI=1S/C15H14Cl2FN/c1-10(13-4-2-3-5-14(13)17)19-9-11-8-12(16)6-7-15(11)18/h2-8,10,19H,9H2,1H3. The Morgan fingerprint density at radius 1 is 1.16 bits per heavy atom. The van der Waals surface area contributed by atoms with Crippen molar-refractivity contribution in [1.29, 1.82) is 0 Å². The van der Waals surface area contributed by atoms with E-state index in [1.165, 1.54) is 12.1 Å². The van der Waals surface area contributed by atoms with Gasteiger partial charge in [-0.05, 0) is 36.8 Å². The molecule has 0 aliphatic carbocycles. The van der Waals surface area contributed by atoms with Crippen LogP contribution in [0.5, 0.6) is 0 Å². The van der Waals surface area contributed by atoms with Gasteiger partial charge in [0.2, 0.25) is 0 Å². The Labute approximate surface area is 122 Å². The van der Waals surface area contributed by atoms with Crippen molar-refractivity contribution in [2.45, 2.75) is 19.5 Å². The fourth-order valence-corrected chi connectivity index (χ4v) is 2.37. The SMILES string of the molecule is CC(NCc1cc(Cl)ccc1F)c1ccccc1Cl. The zero-order valence-electron chi connectivity index (χ0n) is 10.5. The summed E-state index contributed by atoms with van der Waals surface area (Å²) in [7, 11) is 0. The normalized spacial score (nSPS) is 12.4. The Kier molecular flexibility index (Phi) is 4.81. The van der Waals surface area contributed by atoms with Gasteiger partial charge in [-0.3, -0.25) is 0 Å². The summed E-state index contributed by atoms with van der Waals surface area (Å²) in [6, 6.07) is 12.2. The number of nitrogens with one attached hydrogen (secondary N) is 1. The topological polar surface area (TPSA) is 12.0 Å². The van der Waals surface area contributed by atoms with Crippen LogP contribution in [0.3, 0.4) is 0 Å². The number of benzene rings is 2. The zero-order valence-corrected chi connectivity index (χ0v) is 12.0. The van der Waals surface area contributed by atoms with Crippen LogP contribution >= 0.6 is 23.2 Å². The highest BCUT2D eigenvalue weighted by Gasteiger charge is 2.10. The molecule has 0 aliphatic heterocycles. The third kappa shape index (κ3) is 3.69. The molecule has 1 unspecified atom stereocenters. The molecule has 1 N–H and O–H groups in total. The minimum absolute atomic E-state index is 0.0343. The lowest BCUT2D eigenvalue weighted by molar-refractivity contribution is 0.544. The van der Waals surface area contributed by atoms with Crippen LogP contribution in [0, 0.1) is 5.82 Å². The summed E-state index contributed by atoms with van der Waals surface area (Å²) in [6.07, 6.45) is 0. The molecular weight excluding hydrogens is 284 g/mol. The van der Waals surface area contributed by atoms with Gasteiger partial charge in [-0.25, -0.2) is 4.39 Å². The van der Waals surface area contributed by atoms with E-state index in [2.05, 4.69) is 5.32 Å². The molecule has 100 valence electrons. The summed E-state index contributed by atoms with van der Waals surface area (Å²) in [6.45, 7) is 2.39. The fraction of sp³-hybridized carbons (Fsp3) is 0.200. The van der Waals surface area contributed by atoms with E-state index in [-0.39, 0.29) is 11.9 Å². The first-order valence-electron chi connectivity index (χ1n) is 5.99. The first-order valence-corrected chi connectivity index (χ1v) is 6.75. The van der Waals surface area contributed by atoms with Crippen molar-refractivity contribution in [2.75, 3.05) is 0 Å². The van der Waals surface area contributed by atoms with Crippen LogP contribution in [0.25, 0.3) is 0 Å². The first-order chi connectivity index (χ1) is 9.08. The average Bonchev–Trinajstić information content (AvgIpc) is 2.40. The highest BCUT2D eigenvalue weighted by atomic mass is 35.5. The van der Waals surface area contributed by atoms with E-state index in [0.29, 0.717) is 22.2 Å². The number of hydrogen-bond acceptors (Lipinski definition) is 1. The van der Waals surface area contributed by atoms with Crippen molar-refractivity contribution in [3.8, 4) is 0 Å². The molecule has 2 aromatic rings. The molecule has 1 atom stereocenters. The second-order valence-corrected chi connectivity index (χ2v) is 5.20. The summed E-state index contributed by atoms with van der Waals surface area (Å²) in [5.41, 5.74) is 1.54. The van der Waals surface area contributed by atoms with Crippen LogP contribution in [0.2, 0.25) is 10.0 Å². The Morgan fingerprint density at radius 2 is 1.89 bits per heavy atom. The van der Waals surface area contributed by atoms with E-state index in [0.717, 1.165) is 5.56 Å². The molecular formula is C15H14Cl2FN. The van der Waals surface area contributed by atoms with Crippen LogP contribution in [-0.4, -0.2) is 0 Å². The third-order valence-electron chi connectivity index (χ3n) is 2.98. The summed E-state index contributed by atoms with van der Waals surface area (Å²) in [5, 5.41) is 4.47. The molecule has 19 heavy (non-hydrogen) atoms. The highest BCUT2D eigenvalue weighted by Crippen LogP contribution is 2.23. The molecule has 0 aliphatic rings. The molecule has 0 saturated carbocycles. The molecule has 4 heteroatoms. The lowest BCUT2D eigenvalue weighted by Crippen LogP contribution is -2.19. The Bertz CT molecular complexity index is 572. The van der Waals surface area contributed by atoms with Crippen LogP contribution < -0.4 is 5.32 Å². The van der Waals surface area contributed by atoms with Gasteiger partial charge in [-0.1, -0.05) is 41.4 Å².